The Balaban J connectivity index is 2.00. The van der Waals surface area contributed by atoms with Gasteiger partial charge in [0.1, 0.15) is 5.15 Å². The second-order valence-electron chi connectivity index (χ2n) is 5.05. The Labute approximate surface area is 149 Å². The highest BCUT2D eigenvalue weighted by molar-refractivity contribution is 6.34. The molecule has 0 radical (unpaired) electrons. The Morgan fingerprint density at radius 1 is 1.17 bits per heavy atom. The number of benzene rings is 1. The van der Waals surface area contributed by atoms with Gasteiger partial charge in [-0.25, -0.2) is 9.78 Å². The fraction of sp³-hybridized carbons (Fsp3) is 0.235. The SMILES string of the molecule is CCc1ccc(NC(=O)[C@H](C)OC(=O)c2nc(Cl)ccc2Cl)cc1. The lowest BCUT2D eigenvalue weighted by molar-refractivity contribution is -0.123. The summed E-state index contributed by atoms with van der Waals surface area (Å²) in [6, 6.07) is 10.3. The molecular weight excluding hydrogens is 351 g/mol. The number of esters is 1. The molecule has 1 aromatic heterocycles. The van der Waals surface area contributed by atoms with Gasteiger partial charge in [-0.15, -0.1) is 0 Å². The van der Waals surface area contributed by atoms with E-state index in [1.165, 1.54) is 19.1 Å². The number of anilines is 1. The van der Waals surface area contributed by atoms with Crippen molar-refractivity contribution in [2.45, 2.75) is 26.4 Å². The highest BCUT2D eigenvalue weighted by Crippen LogP contribution is 2.18. The van der Waals surface area contributed by atoms with Crippen molar-refractivity contribution < 1.29 is 14.3 Å². The van der Waals surface area contributed by atoms with Gasteiger partial charge in [-0.2, -0.15) is 0 Å². The summed E-state index contributed by atoms with van der Waals surface area (Å²) in [5.41, 5.74) is 1.66. The molecule has 0 bridgehead atoms. The van der Waals surface area contributed by atoms with E-state index in [0.717, 1.165) is 12.0 Å². The topological polar surface area (TPSA) is 68.3 Å². The maximum Gasteiger partial charge on any atom is 0.359 e. The Hall–Kier alpha value is -2.11. The van der Waals surface area contributed by atoms with Gasteiger partial charge < -0.3 is 10.1 Å². The zero-order chi connectivity index (χ0) is 17.7. The predicted octanol–water partition coefficient (Wildman–Crippen LogP) is 4.13. The largest absolute Gasteiger partial charge is 0.448 e. The first-order valence-corrected chi connectivity index (χ1v) is 8.09. The van der Waals surface area contributed by atoms with Crippen LogP contribution in [0.3, 0.4) is 0 Å². The van der Waals surface area contributed by atoms with Crippen molar-refractivity contribution >= 4 is 40.8 Å². The average molecular weight is 367 g/mol. The number of ether oxygens (including phenoxy) is 1. The third-order valence-electron chi connectivity index (χ3n) is 3.29. The summed E-state index contributed by atoms with van der Waals surface area (Å²) in [5, 5.41) is 2.89. The summed E-state index contributed by atoms with van der Waals surface area (Å²) < 4.78 is 5.09. The van der Waals surface area contributed by atoms with Crippen LogP contribution in [0.5, 0.6) is 0 Å². The molecule has 126 valence electrons. The summed E-state index contributed by atoms with van der Waals surface area (Å²) in [6.07, 6.45) is -0.101. The van der Waals surface area contributed by atoms with E-state index in [-0.39, 0.29) is 15.9 Å². The van der Waals surface area contributed by atoms with Crippen LogP contribution < -0.4 is 5.32 Å². The Morgan fingerprint density at radius 3 is 2.46 bits per heavy atom. The van der Waals surface area contributed by atoms with Crippen molar-refractivity contribution in [3.05, 3.63) is 57.8 Å². The summed E-state index contributed by atoms with van der Waals surface area (Å²) >= 11 is 11.6. The Bertz CT molecular complexity index is 748. The number of carbonyl (C=O) groups excluding carboxylic acids is 2. The van der Waals surface area contributed by atoms with Crippen molar-refractivity contribution in [3.8, 4) is 0 Å². The normalized spacial score (nSPS) is 11.7. The van der Waals surface area contributed by atoms with Crippen molar-refractivity contribution in [2.24, 2.45) is 0 Å². The maximum absolute atomic E-state index is 12.1. The van der Waals surface area contributed by atoms with Crippen LogP contribution in [-0.2, 0) is 16.0 Å². The number of carbonyl (C=O) groups is 2. The van der Waals surface area contributed by atoms with Gasteiger partial charge >= 0.3 is 5.97 Å². The van der Waals surface area contributed by atoms with Gasteiger partial charge in [0, 0.05) is 5.69 Å². The number of aromatic nitrogens is 1. The van der Waals surface area contributed by atoms with E-state index >= 15 is 0 Å². The molecule has 0 fully saturated rings. The van der Waals surface area contributed by atoms with Crippen LogP contribution in [0.2, 0.25) is 10.2 Å². The maximum atomic E-state index is 12.1. The van der Waals surface area contributed by atoms with E-state index in [4.69, 9.17) is 27.9 Å². The summed E-state index contributed by atoms with van der Waals surface area (Å²) in [5.74, 6) is -1.27. The molecule has 24 heavy (non-hydrogen) atoms. The van der Waals surface area contributed by atoms with E-state index in [1.807, 2.05) is 19.1 Å². The smallest absolute Gasteiger partial charge is 0.359 e. The van der Waals surface area contributed by atoms with Gasteiger partial charge in [-0.3, -0.25) is 4.79 Å². The number of aryl methyl sites for hydroxylation is 1. The lowest BCUT2D eigenvalue weighted by atomic mass is 10.1. The van der Waals surface area contributed by atoms with E-state index in [2.05, 4.69) is 10.3 Å². The molecule has 5 nitrogen and oxygen atoms in total. The first-order valence-electron chi connectivity index (χ1n) is 7.33. The van der Waals surface area contributed by atoms with Crippen molar-refractivity contribution in [2.75, 3.05) is 5.32 Å². The lowest BCUT2D eigenvalue weighted by Gasteiger charge is -2.14. The van der Waals surface area contributed by atoms with Crippen molar-refractivity contribution in [3.63, 3.8) is 0 Å². The number of pyridine rings is 1. The second kappa shape index (κ2) is 8.13. The molecule has 1 N–H and O–H groups in total. The van der Waals surface area contributed by atoms with Crippen LogP contribution in [0.4, 0.5) is 5.69 Å². The molecule has 1 aromatic carbocycles. The first kappa shape index (κ1) is 18.2. The van der Waals surface area contributed by atoms with E-state index in [1.54, 1.807) is 12.1 Å². The number of nitrogens with zero attached hydrogens (tertiary/aromatic N) is 1. The zero-order valence-electron chi connectivity index (χ0n) is 13.2. The molecule has 1 heterocycles. The standard InChI is InChI=1S/C17H16Cl2N2O3/c1-3-11-4-6-12(7-5-11)20-16(22)10(2)24-17(23)15-13(18)8-9-14(19)21-15/h4-10H,3H2,1-2H3,(H,20,22)/t10-/m0/s1. The summed E-state index contributed by atoms with van der Waals surface area (Å²) in [6.45, 7) is 3.51. The molecule has 1 atom stereocenters. The van der Waals surface area contributed by atoms with Gasteiger partial charge in [-0.1, -0.05) is 42.3 Å². The van der Waals surface area contributed by atoms with Crippen LogP contribution >= 0.6 is 23.2 Å². The fourth-order valence-electron chi connectivity index (χ4n) is 1.90. The number of nitrogens with one attached hydrogen (secondary N) is 1. The molecule has 0 saturated carbocycles. The molecule has 0 aliphatic heterocycles. The number of rotatable bonds is 5. The number of halogens is 2. The predicted molar refractivity (Wildman–Crippen MR) is 93.6 cm³/mol. The quantitative estimate of drug-likeness (QED) is 0.637. The van der Waals surface area contributed by atoms with Crippen molar-refractivity contribution in [1.29, 1.82) is 0 Å². The molecule has 0 saturated heterocycles. The van der Waals surface area contributed by atoms with Gasteiger partial charge in [0.15, 0.2) is 11.8 Å². The summed E-state index contributed by atoms with van der Waals surface area (Å²) in [4.78, 5) is 28.0. The van der Waals surface area contributed by atoms with Crippen molar-refractivity contribution in [1.82, 2.24) is 4.98 Å². The third-order valence-corrected chi connectivity index (χ3v) is 3.80. The highest BCUT2D eigenvalue weighted by atomic mass is 35.5. The van der Waals surface area contributed by atoms with E-state index < -0.39 is 18.0 Å². The Kier molecular flexibility index (Phi) is 6.17. The van der Waals surface area contributed by atoms with Gasteiger partial charge in [-0.05, 0) is 43.2 Å². The van der Waals surface area contributed by atoms with Gasteiger partial charge in [0.05, 0.1) is 5.02 Å². The third kappa shape index (κ3) is 4.69. The van der Waals surface area contributed by atoms with Crippen LogP contribution in [0.25, 0.3) is 0 Å². The zero-order valence-corrected chi connectivity index (χ0v) is 14.7. The fourth-order valence-corrected chi connectivity index (χ4v) is 2.23. The minimum atomic E-state index is -1.01. The van der Waals surface area contributed by atoms with Crippen LogP contribution in [-0.4, -0.2) is 23.0 Å². The molecule has 0 spiro atoms. The van der Waals surface area contributed by atoms with Gasteiger partial charge in [0.2, 0.25) is 0 Å². The molecule has 7 heteroatoms. The van der Waals surface area contributed by atoms with Crippen LogP contribution in [0.15, 0.2) is 36.4 Å². The molecule has 1 amide bonds. The molecule has 2 rings (SSSR count). The number of hydrogen-bond acceptors (Lipinski definition) is 4. The monoisotopic (exact) mass is 366 g/mol. The summed E-state index contributed by atoms with van der Waals surface area (Å²) in [7, 11) is 0. The number of amides is 1. The number of hydrogen-bond donors (Lipinski definition) is 1. The molecule has 0 aliphatic carbocycles. The van der Waals surface area contributed by atoms with Gasteiger partial charge in [0.25, 0.3) is 5.91 Å². The highest BCUT2D eigenvalue weighted by Gasteiger charge is 2.22. The molecular formula is C17H16Cl2N2O3. The minimum Gasteiger partial charge on any atom is -0.448 e. The average Bonchev–Trinajstić information content (AvgIpc) is 2.57. The Morgan fingerprint density at radius 2 is 1.83 bits per heavy atom. The lowest BCUT2D eigenvalue weighted by Crippen LogP contribution is -2.30. The minimum absolute atomic E-state index is 0.104. The second-order valence-corrected chi connectivity index (χ2v) is 5.85. The van der Waals surface area contributed by atoms with Crippen LogP contribution in [0.1, 0.15) is 29.9 Å². The van der Waals surface area contributed by atoms with E-state index in [9.17, 15) is 9.59 Å². The first-order chi connectivity index (χ1) is 11.4. The molecule has 2 aromatic rings. The van der Waals surface area contributed by atoms with Crippen LogP contribution in [0, 0.1) is 0 Å². The molecule has 0 aliphatic rings. The molecule has 0 unspecified atom stereocenters. The van der Waals surface area contributed by atoms with E-state index in [0.29, 0.717) is 5.69 Å².